The van der Waals surface area contributed by atoms with E-state index < -0.39 is 0 Å². The van der Waals surface area contributed by atoms with Crippen molar-refractivity contribution in [2.75, 3.05) is 0 Å². The average Bonchev–Trinajstić information content (AvgIpc) is 2.60. The standard InChI is InChI=1S/C20H25NOS/c1-3-13-5-7-15(8-6-13)19(22)16-9-10-18-17(12-16)11-14(4-2)20(23)21-18/h9-13,15H,3-8H2,1-2H3,(H,21,23). The van der Waals surface area contributed by atoms with E-state index in [1.54, 1.807) is 0 Å². The van der Waals surface area contributed by atoms with E-state index in [0.29, 0.717) is 5.78 Å². The van der Waals surface area contributed by atoms with Gasteiger partial charge in [-0.15, -0.1) is 0 Å². The summed E-state index contributed by atoms with van der Waals surface area (Å²) in [6, 6.07) is 8.11. The first kappa shape index (κ1) is 16.4. The van der Waals surface area contributed by atoms with Crippen LogP contribution >= 0.6 is 12.2 Å². The molecule has 0 aliphatic heterocycles. The number of carbonyl (C=O) groups is 1. The summed E-state index contributed by atoms with van der Waals surface area (Å²) in [7, 11) is 0. The van der Waals surface area contributed by atoms with E-state index in [1.165, 1.54) is 19.3 Å². The molecular formula is C20H25NOS. The van der Waals surface area contributed by atoms with Gasteiger partial charge < -0.3 is 4.98 Å². The van der Waals surface area contributed by atoms with Gasteiger partial charge in [0.1, 0.15) is 4.64 Å². The molecule has 0 unspecified atom stereocenters. The second-order valence-corrected chi connectivity index (χ2v) is 7.18. The third-order valence-corrected chi connectivity index (χ3v) is 5.75. The van der Waals surface area contributed by atoms with E-state index in [4.69, 9.17) is 12.2 Å². The van der Waals surface area contributed by atoms with Gasteiger partial charge in [0.05, 0.1) is 0 Å². The molecule has 0 saturated heterocycles. The maximum absolute atomic E-state index is 12.8. The zero-order chi connectivity index (χ0) is 16.4. The van der Waals surface area contributed by atoms with Crippen LogP contribution in [0.3, 0.4) is 0 Å². The van der Waals surface area contributed by atoms with Crippen LogP contribution in [-0.4, -0.2) is 10.8 Å². The molecule has 0 bridgehead atoms. The van der Waals surface area contributed by atoms with Gasteiger partial charge in [0.2, 0.25) is 0 Å². The lowest BCUT2D eigenvalue weighted by Crippen LogP contribution is -2.21. The number of nitrogens with one attached hydrogen (secondary N) is 1. The Labute approximate surface area is 143 Å². The number of pyridine rings is 1. The fraction of sp³-hybridized carbons (Fsp3) is 0.500. The van der Waals surface area contributed by atoms with Gasteiger partial charge in [-0.05, 0) is 73.2 Å². The molecule has 1 fully saturated rings. The predicted octanol–water partition coefficient (Wildman–Crippen LogP) is 5.86. The van der Waals surface area contributed by atoms with Crippen molar-refractivity contribution >= 4 is 28.9 Å². The predicted molar refractivity (Wildman–Crippen MR) is 98.6 cm³/mol. The molecule has 0 spiro atoms. The Kier molecular flexibility index (Phi) is 4.96. The van der Waals surface area contributed by atoms with Gasteiger partial charge in [-0.1, -0.05) is 32.5 Å². The number of fused-ring (bicyclic) bond motifs is 1. The van der Waals surface area contributed by atoms with Crippen LogP contribution < -0.4 is 0 Å². The number of hydrogen-bond donors (Lipinski definition) is 1. The highest BCUT2D eigenvalue weighted by Gasteiger charge is 2.26. The molecule has 3 heteroatoms. The maximum Gasteiger partial charge on any atom is 0.165 e. The number of Topliss-reactive ketones (excluding diaryl/α,β-unsaturated/α-hetero) is 1. The number of aromatic amines is 1. The lowest BCUT2D eigenvalue weighted by Gasteiger charge is -2.26. The molecule has 1 aliphatic rings. The molecule has 2 aromatic rings. The number of hydrogen-bond acceptors (Lipinski definition) is 2. The zero-order valence-corrected chi connectivity index (χ0v) is 14.8. The van der Waals surface area contributed by atoms with Crippen molar-refractivity contribution in [3.05, 3.63) is 40.0 Å². The summed E-state index contributed by atoms with van der Waals surface area (Å²) < 4.78 is 0.803. The first-order chi connectivity index (χ1) is 11.1. The second-order valence-electron chi connectivity index (χ2n) is 6.77. The topological polar surface area (TPSA) is 32.9 Å². The van der Waals surface area contributed by atoms with Crippen LogP contribution in [0.4, 0.5) is 0 Å². The van der Waals surface area contributed by atoms with Crippen LogP contribution in [0, 0.1) is 16.5 Å². The van der Waals surface area contributed by atoms with Crippen molar-refractivity contribution in [3.8, 4) is 0 Å². The van der Waals surface area contributed by atoms with Crippen LogP contribution in [0.15, 0.2) is 24.3 Å². The second kappa shape index (κ2) is 6.96. The first-order valence-corrected chi connectivity index (χ1v) is 9.23. The molecule has 122 valence electrons. The SMILES string of the molecule is CCc1cc2cc(C(=O)C3CCC(CC)CC3)ccc2[nH]c1=S. The molecule has 23 heavy (non-hydrogen) atoms. The lowest BCUT2D eigenvalue weighted by atomic mass is 9.77. The smallest absolute Gasteiger partial charge is 0.165 e. The van der Waals surface area contributed by atoms with Crippen LogP contribution in [0.1, 0.15) is 61.9 Å². The van der Waals surface area contributed by atoms with Crippen molar-refractivity contribution < 1.29 is 4.79 Å². The molecule has 1 heterocycles. The lowest BCUT2D eigenvalue weighted by molar-refractivity contribution is 0.0871. The zero-order valence-electron chi connectivity index (χ0n) is 14.0. The molecule has 1 aromatic heterocycles. The van der Waals surface area contributed by atoms with E-state index in [1.807, 2.05) is 18.2 Å². The summed E-state index contributed by atoms with van der Waals surface area (Å²) in [5.41, 5.74) is 3.00. The van der Waals surface area contributed by atoms with Crippen molar-refractivity contribution in [1.29, 1.82) is 0 Å². The number of aromatic nitrogens is 1. The Morgan fingerprint density at radius 2 is 1.91 bits per heavy atom. The fourth-order valence-electron chi connectivity index (χ4n) is 3.74. The average molecular weight is 327 g/mol. The number of benzene rings is 1. The van der Waals surface area contributed by atoms with Crippen molar-refractivity contribution in [2.45, 2.75) is 52.4 Å². The molecule has 0 radical (unpaired) electrons. The van der Waals surface area contributed by atoms with Crippen LogP contribution in [-0.2, 0) is 6.42 Å². The number of rotatable bonds is 4. The molecular weight excluding hydrogens is 302 g/mol. The van der Waals surface area contributed by atoms with E-state index in [9.17, 15) is 4.79 Å². The van der Waals surface area contributed by atoms with E-state index in [2.05, 4.69) is 24.9 Å². The number of aryl methyl sites for hydroxylation is 1. The largest absolute Gasteiger partial charge is 0.346 e. The minimum atomic E-state index is 0.211. The number of H-pyrrole nitrogens is 1. The highest BCUT2D eigenvalue weighted by atomic mass is 32.1. The monoisotopic (exact) mass is 327 g/mol. The van der Waals surface area contributed by atoms with E-state index in [0.717, 1.165) is 51.9 Å². The Hall–Kier alpha value is -1.48. The highest BCUT2D eigenvalue weighted by Crippen LogP contribution is 2.33. The Morgan fingerprint density at radius 3 is 2.57 bits per heavy atom. The Morgan fingerprint density at radius 1 is 1.17 bits per heavy atom. The number of carbonyl (C=O) groups excluding carboxylic acids is 1. The summed E-state index contributed by atoms with van der Waals surface area (Å²) in [4.78, 5) is 16.1. The highest BCUT2D eigenvalue weighted by molar-refractivity contribution is 7.71. The third kappa shape index (κ3) is 3.40. The van der Waals surface area contributed by atoms with Gasteiger partial charge in [0.15, 0.2) is 5.78 Å². The minimum Gasteiger partial charge on any atom is -0.346 e. The molecule has 1 N–H and O–H groups in total. The molecule has 2 nitrogen and oxygen atoms in total. The number of ketones is 1. The van der Waals surface area contributed by atoms with Crippen LogP contribution in [0.2, 0.25) is 0 Å². The van der Waals surface area contributed by atoms with Gasteiger partial charge in [-0.25, -0.2) is 0 Å². The van der Waals surface area contributed by atoms with Gasteiger partial charge in [-0.3, -0.25) is 4.79 Å². The molecule has 0 amide bonds. The van der Waals surface area contributed by atoms with Crippen molar-refractivity contribution in [2.24, 2.45) is 11.8 Å². The molecule has 3 rings (SSSR count). The summed E-state index contributed by atoms with van der Waals surface area (Å²) >= 11 is 5.37. The van der Waals surface area contributed by atoms with Crippen molar-refractivity contribution in [1.82, 2.24) is 4.98 Å². The van der Waals surface area contributed by atoms with Crippen LogP contribution in [0.25, 0.3) is 10.9 Å². The molecule has 0 atom stereocenters. The van der Waals surface area contributed by atoms with Gasteiger partial charge in [0, 0.05) is 17.0 Å². The van der Waals surface area contributed by atoms with Gasteiger partial charge in [0.25, 0.3) is 0 Å². The minimum absolute atomic E-state index is 0.211. The Bertz CT molecular complexity index is 769. The summed E-state index contributed by atoms with van der Waals surface area (Å²) in [6.45, 7) is 4.36. The molecule has 1 saturated carbocycles. The van der Waals surface area contributed by atoms with Crippen LogP contribution in [0.5, 0.6) is 0 Å². The molecule has 1 aromatic carbocycles. The fourth-order valence-corrected chi connectivity index (χ4v) is 4.05. The summed E-state index contributed by atoms with van der Waals surface area (Å²) in [5, 5.41) is 1.09. The summed E-state index contributed by atoms with van der Waals surface area (Å²) in [6.07, 6.45) is 6.65. The first-order valence-electron chi connectivity index (χ1n) is 8.82. The Balaban J connectivity index is 1.86. The van der Waals surface area contributed by atoms with Gasteiger partial charge >= 0.3 is 0 Å². The van der Waals surface area contributed by atoms with E-state index in [-0.39, 0.29) is 5.92 Å². The van der Waals surface area contributed by atoms with Gasteiger partial charge in [-0.2, -0.15) is 0 Å². The molecule has 1 aliphatic carbocycles. The maximum atomic E-state index is 12.8. The normalized spacial score (nSPS) is 21.5. The summed E-state index contributed by atoms with van der Waals surface area (Å²) in [5.74, 6) is 1.35. The quantitative estimate of drug-likeness (QED) is 0.563. The van der Waals surface area contributed by atoms with E-state index >= 15 is 0 Å². The third-order valence-electron chi connectivity index (χ3n) is 5.38. The van der Waals surface area contributed by atoms with Crippen molar-refractivity contribution in [3.63, 3.8) is 0 Å².